The van der Waals surface area contributed by atoms with Gasteiger partial charge in [0.05, 0.1) is 0 Å². The Morgan fingerprint density at radius 2 is 1.93 bits per heavy atom. The van der Waals surface area contributed by atoms with E-state index in [2.05, 4.69) is 27.4 Å². The van der Waals surface area contributed by atoms with E-state index in [-0.39, 0.29) is 6.79 Å². The molecule has 0 aromatic heterocycles. The van der Waals surface area contributed by atoms with Gasteiger partial charge in [0.2, 0.25) is 0 Å². The fourth-order valence-electron chi connectivity index (χ4n) is 1.61. The number of rotatable bonds is 8. The second kappa shape index (κ2) is 7.65. The number of hydrogen-bond acceptors (Lipinski definition) is 3. The van der Waals surface area contributed by atoms with Crippen molar-refractivity contribution in [1.82, 2.24) is 0 Å². The van der Waals surface area contributed by atoms with Gasteiger partial charge in [0.1, 0.15) is 0 Å². The normalized spacial score (nSPS) is 11.1. The van der Waals surface area contributed by atoms with E-state index in [1.807, 2.05) is 0 Å². The van der Waals surface area contributed by atoms with Gasteiger partial charge in [-0.1, -0.05) is 33.8 Å². The van der Waals surface area contributed by atoms with Crippen LogP contribution in [0.1, 0.15) is 27.2 Å². The summed E-state index contributed by atoms with van der Waals surface area (Å²) in [5, 5.41) is 0. The molecule has 0 aliphatic heterocycles. The Balaban J connectivity index is 4.05. The predicted octanol–water partition coefficient (Wildman–Crippen LogP) is 3.09. The first kappa shape index (κ1) is 14.4. The average molecular weight is 230 g/mol. The van der Waals surface area contributed by atoms with Gasteiger partial charge in [0.25, 0.3) is 0 Å². The Morgan fingerprint density at radius 3 is 2.33 bits per heavy atom. The largest absolute Gasteiger partial charge is 0.436 e. The molecule has 0 amide bonds. The second-order valence-electron chi connectivity index (χ2n) is 3.57. The van der Waals surface area contributed by atoms with E-state index >= 15 is 0 Å². The monoisotopic (exact) mass is 230 g/mol. The van der Waals surface area contributed by atoms with Crippen molar-refractivity contribution < 1.29 is 14.0 Å². The summed E-state index contributed by atoms with van der Waals surface area (Å²) < 4.78 is 10.6. The van der Waals surface area contributed by atoms with Gasteiger partial charge in [-0.2, -0.15) is 0 Å². The highest BCUT2D eigenvalue weighted by molar-refractivity contribution is 6.73. The highest BCUT2D eigenvalue weighted by Crippen LogP contribution is 2.23. The zero-order valence-electron chi connectivity index (χ0n) is 10.0. The lowest BCUT2D eigenvalue weighted by atomic mass is 10.6. The van der Waals surface area contributed by atoms with Crippen LogP contribution in [-0.4, -0.2) is 21.1 Å². The van der Waals surface area contributed by atoms with Gasteiger partial charge in [0.15, 0.2) is 15.1 Å². The maximum absolute atomic E-state index is 10.8. The Hall–Kier alpha value is -0.613. The first-order valence-electron chi connectivity index (χ1n) is 5.57. The van der Waals surface area contributed by atoms with Gasteiger partial charge in [-0.3, -0.25) is 0 Å². The Bertz CT molecular complexity index is 200. The van der Waals surface area contributed by atoms with Crippen molar-refractivity contribution in [3.8, 4) is 0 Å². The summed E-state index contributed by atoms with van der Waals surface area (Å²) in [4.78, 5) is 10.8. The second-order valence-corrected chi connectivity index (χ2v) is 8.14. The van der Waals surface area contributed by atoms with Gasteiger partial charge < -0.3 is 9.16 Å². The van der Waals surface area contributed by atoms with E-state index < -0.39 is 14.3 Å². The first-order valence-corrected chi connectivity index (χ1v) is 8.10. The van der Waals surface area contributed by atoms with Gasteiger partial charge in [-0.05, 0) is 18.1 Å². The van der Waals surface area contributed by atoms with Crippen LogP contribution in [-0.2, 0) is 14.0 Å². The SMILES string of the molecule is C=CC(=O)OCO[Si](CC)(CC)CCC. The summed E-state index contributed by atoms with van der Waals surface area (Å²) in [6.07, 6.45) is 2.29. The van der Waals surface area contributed by atoms with Crippen LogP contribution in [0.4, 0.5) is 0 Å². The van der Waals surface area contributed by atoms with Crippen LogP contribution in [0.25, 0.3) is 0 Å². The average Bonchev–Trinajstić information content (AvgIpc) is 2.27. The number of ether oxygens (including phenoxy) is 1. The van der Waals surface area contributed by atoms with Gasteiger partial charge in [0, 0.05) is 6.08 Å². The van der Waals surface area contributed by atoms with Crippen LogP contribution >= 0.6 is 0 Å². The molecule has 3 nitrogen and oxygen atoms in total. The third kappa shape index (κ3) is 5.13. The molecule has 0 bridgehead atoms. The number of hydrogen-bond donors (Lipinski definition) is 0. The molecule has 0 N–H and O–H groups in total. The molecule has 0 aromatic carbocycles. The van der Waals surface area contributed by atoms with Crippen molar-refractivity contribution in [3.63, 3.8) is 0 Å². The molecule has 0 unspecified atom stereocenters. The van der Waals surface area contributed by atoms with Crippen molar-refractivity contribution in [1.29, 1.82) is 0 Å². The molecule has 88 valence electrons. The lowest BCUT2D eigenvalue weighted by Gasteiger charge is -2.28. The fourth-order valence-corrected chi connectivity index (χ4v) is 4.59. The van der Waals surface area contributed by atoms with Gasteiger partial charge >= 0.3 is 5.97 Å². The van der Waals surface area contributed by atoms with Crippen molar-refractivity contribution in [2.75, 3.05) is 6.79 Å². The number of esters is 1. The Labute approximate surface area is 93.6 Å². The lowest BCUT2D eigenvalue weighted by Crippen LogP contribution is -2.37. The van der Waals surface area contributed by atoms with Crippen molar-refractivity contribution >= 4 is 14.3 Å². The fraction of sp³-hybridized carbons (Fsp3) is 0.727. The molecular formula is C11H22O3Si. The third-order valence-corrected chi connectivity index (χ3v) is 7.45. The van der Waals surface area contributed by atoms with E-state index in [0.29, 0.717) is 0 Å². The van der Waals surface area contributed by atoms with Crippen LogP contribution in [0.2, 0.25) is 18.1 Å². The predicted molar refractivity (Wildman–Crippen MR) is 64.1 cm³/mol. The third-order valence-electron chi connectivity index (χ3n) is 2.73. The summed E-state index contributed by atoms with van der Waals surface area (Å²) in [6.45, 7) is 9.88. The molecule has 0 heterocycles. The maximum Gasteiger partial charge on any atom is 0.332 e. The molecular weight excluding hydrogens is 208 g/mol. The lowest BCUT2D eigenvalue weighted by molar-refractivity contribution is -0.144. The topological polar surface area (TPSA) is 35.5 Å². The van der Waals surface area contributed by atoms with E-state index in [0.717, 1.165) is 30.6 Å². The molecule has 0 atom stereocenters. The standard InChI is InChI=1S/C11H22O3Si/c1-5-9-15(7-3,8-4)14-10-13-11(12)6-2/h6H,2,5,7-10H2,1,3-4H3. The molecule has 0 aliphatic carbocycles. The summed E-state index contributed by atoms with van der Waals surface area (Å²) in [6, 6.07) is 3.28. The zero-order valence-corrected chi connectivity index (χ0v) is 11.0. The Kier molecular flexibility index (Phi) is 7.34. The Morgan fingerprint density at radius 1 is 1.33 bits per heavy atom. The molecule has 0 saturated heterocycles. The molecule has 0 rings (SSSR count). The number of carbonyl (C=O) groups is 1. The molecule has 0 aliphatic rings. The van der Waals surface area contributed by atoms with Gasteiger partial charge in [-0.15, -0.1) is 0 Å². The van der Waals surface area contributed by atoms with Crippen LogP contribution in [0.3, 0.4) is 0 Å². The minimum absolute atomic E-state index is 0.0821. The van der Waals surface area contributed by atoms with Crippen molar-refractivity contribution in [3.05, 3.63) is 12.7 Å². The van der Waals surface area contributed by atoms with E-state index in [1.165, 1.54) is 0 Å². The number of carbonyl (C=O) groups excluding carboxylic acids is 1. The molecule has 4 heteroatoms. The minimum atomic E-state index is -1.63. The van der Waals surface area contributed by atoms with E-state index in [1.54, 1.807) is 0 Å². The smallest absolute Gasteiger partial charge is 0.332 e. The zero-order chi connectivity index (χ0) is 11.7. The maximum atomic E-state index is 10.8. The van der Waals surface area contributed by atoms with Crippen LogP contribution < -0.4 is 0 Å². The molecule has 0 saturated carbocycles. The van der Waals surface area contributed by atoms with E-state index in [9.17, 15) is 4.79 Å². The first-order chi connectivity index (χ1) is 7.14. The van der Waals surface area contributed by atoms with Crippen molar-refractivity contribution in [2.24, 2.45) is 0 Å². The van der Waals surface area contributed by atoms with Crippen LogP contribution in [0.15, 0.2) is 12.7 Å². The summed E-state index contributed by atoms with van der Waals surface area (Å²) >= 11 is 0. The highest BCUT2D eigenvalue weighted by atomic mass is 28.4. The van der Waals surface area contributed by atoms with Crippen LogP contribution in [0, 0.1) is 0 Å². The molecule has 0 aromatic rings. The summed E-state index contributed by atoms with van der Waals surface area (Å²) in [5.41, 5.74) is 0. The molecule has 0 fully saturated rings. The molecule has 0 radical (unpaired) electrons. The highest BCUT2D eigenvalue weighted by Gasteiger charge is 2.30. The quantitative estimate of drug-likeness (QED) is 0.278. The minimum Gasteiger partial charge on any atom is -0.436 e. The molecule has 15 heavy (non-hydrogen) atoms. The van der Waals surface area contributed by atoms with Gasteiger partial charge in [-0.25, -0.2) is 4.79 Å². The van der Waals surface area contributed by atoms with Crippen LogP contribution in [0.5, 0.6) is 0 Å². The van der Waals surface area contributed by atoms with E-state index in [4.69, 9.17) is 9.16 Å². The summed E-state index contributed by atoms with van der Waals surface area (Å²) in [5.74, 6) is -0.415. The summed E-state index contributed by atoms with van der Waals surface area (Å²) in [7, 11) is -1.63. The van der Waals surface area contributed by atoms with Crippen molar-refractivity contribution in [2.45, 2.75) is 45.3 Å². The molecule has 0 spiro atoms.